The molecule has 0 spiro atoms. The molecule has 0 heterocycles. The van der Waals surface area contributed by atoms with Crippen LogP contribution < -0.4 is 15.5 Å². The standard InChI is InChI=1S/C26H34FN3O3/c1-4-30(29-21-11-13-22(33-3)14-12-21)26(32)24(17-19-8-6-5-7-9-19)28-25(31)20-10-15-23(27)18(2)16-20/h10-16,19,24,29H,4-9,17H2,1-3H3,(H,28,31). The first-order valence-corrected chi connectivity index (χ1v) is 11.7. The number of carbonyl (C=O) groups excluding carboxylic acids is 2. The lowest BCUT2D eigenvalue weighted by molar-refractivity contribution is -0.132. The topological polar surface area (TPSA) is 70.7 Å². The van der Waals surface area contributed by atoms with Crippen LogP contribution in [0.15, 0.2) is 42.5 Å². The van der Waals surface area contributed by atoms with Gasteiger partial charge in [0.25, 0.3) is 11.8 Å². The zero-order chi connectivity index (χ0) is 23.8. The Bertz CT molecular complexity index is 942. The summed E-state index contributed by atoms with van der Waals surface area (Å²) in [5, 5.41) is 4.47. The Balaban J connectivity index is 1.77. The lowest BCUT2D eigenvalue weighted by Gasteiger charge is -2.31. The van der Waals surface area contributed by atoms with Gasteiger partial charge >= 0.3 is 0 Å². The molecule has 1 aliphatic rings. The maximum atomic E-state index is 13.7. The van der Waals surface area contributed by atoms with Gasteiger partial charge in [-0.1, -0.05) is 32.1 Å². The molecule has 2 aromatic rings. The Morgan fingerprint density at radius 3 is 2.42 bits per heavy atom. The first kappa shape index (κ1) is 24.6. The van der Waals surface area contributed by atoms with Gasteiger partial charge in [-0.25, -0.2) is 4.39 Å². The Kier molecular flexibility index (Phi) is 8.69. The molecule has 0 aliphatic heterocycles. The van der Waals surface area contributed by atoms with Crippen molar-refractivity contribution >= 4 is 17.5 Å². The number of likely N-dealkylation sites (N-methyl/N-ethyl adjacent to an activating group) is 1. The third-order valence-corrected chi connectivity index (χ3v) is 6.25. The van der Waals surface area contributed by atoms with Gasteiger partial charge in [0.2, 0.25) is 0 Å². The fourth-order valence-electron chi connectivity index (χ4n) is 4.30. The van der Waals surface area contributed by atoms with E-state index >= 15 is 0 Å². The molecule has 0 bridgehead atoms. The molecule has 1 saturated carbocycles. The van der Waals surface area contributed by atoms with Crippen LogP contribution in [0, 0.1) is 18.7 Å². The van der Waals surface area contributed by atoms with Gasteiger partial charge in [0.15, 0.2) is 0 Å². The van der Waals surface area contributed by atoms with Crippen molar-refractivity contribution in [2.24, 2.45) is 5.92 Å². The average molecular weight is 456 g/mol. The number of hydrogen-bond acceptors (Lipinski definition) is 4. The number of ether oxygens (including phenoxy) is 1. The lowest BCUT2D eigenvalue weighted by atomic mass is 9.84. The predicted molar refractivity (Wildman–Crippen MR) is 128 cm³/mol. The van der Waals surface area contributed by atoms with Crippen molar-refractivity contribution < 1.29 is 18.7 Å². The number of hydrazine groups is 1. The van der Waals surface area contributed by atoms with Gasteiger partial charge in [0.1, 0.15) is 17.6 Å². The summed E-state index contributed by atoms with van der Waals surface area (Å²) in [7, 11) is 1.60. The summed E-state index contributed by atoms with van der Waals surface area (Å²) in [6.45, 7) is 3.93. The van der Waals surface area contributed by atoms with E-state index in [2.05, 4.69) is 10.7 Å². The van der Waals surface area contributed by atoms with E-state index in [1.54, 1.807) is 14.0 Å². The van der Waals surface area contributed by atoms with Crippen molar-refractivity contribution in [3.8, 4) is 5.75 Å². The molecule has 0 saturated heterocycles. The number of nitrogens with zero attached hydrogens (tertiary/aromatic N) is 1. The van der Waals surface area contributed by atoms with Crippen LogP contribution in [0.5, 0.6) is 5.75 Å². The second kappa shape index (κ2) is 11.7. The van der Waals surface area contributed by atoms with Gasteiger partial charge < -0.3 is 10.1 Å². The van der Waals surface area contributed by atoms with E-state index in [4.69, 9.17) is 4.74 Å². The number of aryl methyl sites for hydroxylation is 1. The zero-order valence-corrected chi connectivity index (χ0v) is 19.7. The quantitative estimate of drug-likeness (QED) is 0.517. The number of nitrogens with one attached hydrogen (secondary N) is 2. The molecule has 1 unspecified atom stereocenters. The van der Waals surface area contributed by atoms with Crippen LogP contribution in [0.25, 0.3) is 0 Å². The van der Waals surface area contributed by atoms with Gasteiger partial charge in [-0.05, 0) is 74.2 Å². The summed E-state index contributed by atoms with van der Waals surface area (Å²) >= 11 is 0. The molecule has 0 aromatic heterocycles. The molecular formula is C26H34FN3O3. The average Bonchev–Trinajstić information content (AvgIpc) is 2.84. The molecule has 178 valence electrons. The monoisotopic (exact) mass is 455 g/mol. The second-order valence-corrected chi connectivity index (χ2v) is 8.65. The highest BCUT2D eigenvalue weighted by molar-refractivity contribution is 5.97. The summed E-state index contributed by atoms with van der Waals surface area (Å²) in [5.41, 5.74) is 4.65. The molecule has 33 heavy (non-hydrogen) atoms. The number of rotatable bonds is 9. The van der Waals surface area contributed by atoms with Crippen LogP contribution in [-0.4, -0.2) is 36.5 Å². The Morgan fingerprint density at radius 2 is 1.82 bits per heavy atom. The van der Waals surface area contributed by atoms with Crippen molar-refractivity contribution in [2.45, 2.75) is 58.4 Å². The van der Waals surface area contributed by atoms with Gasteiger partial charge in [0.05, 0.1) is 12.8 Å². The predicted octanol–water partition coefficient (Wildman–Crippen LogP) is 5.09. The van der Waals surface area contributed by atoms with Crippen LogP contribution in [0.4, 0.5) is 10.1 Å². The minimum atomic E-state index is -0.670. The van der Waals surface area contributed by atoms with Gasteiger partial charge in [0, 0.05) is 12.1 Å². The highest BCUT2D eigenvalue weighted by atomic mass is 19.1. The fraction of sp³-hybridized carbons (Fsp3) is 0.462. The SMILES string of the molecule is CCN(Nc1ccc(OC)cc1)C(=O)C(CC1CCCCC1)NC(=O)c1ccc(F)c(C)c1. The van der Waals surface area contributed by atoms with E-state index in [-0.39, 0.29) is 17.6 Å². The molecule has 1 atom stereocenters. The van der Waals surface area contributed by atoms with Gasteiger partial charge in [-0.3, -0.25) is 20.0 Å². The molecule has 0 radical (unpaired) electrons. The van der Waals surface area contributed by atoms with Crippen LogP contribution in [-0.2, 0) is 4.79 Å². The third-order valence-electron chi connectivity index (χ3n) is 6.25. The van der Waals surface area contributed by atoms with Gasteiger partial charge in [-0.15, -0.1) is 0 Å². The minimum Gasteiger partial charge on any atom is -0.497 e. The van der Waals surface area contributed by atoms with Crippen molar-refractivity contribution in [3.63, 3.8) is 0 Å². The molecule has 2 amide bonds. The molecule has 3 rings (SSSR count). The highest BCUT2D eigenvalue weighted by Crippen LogP contribution is 2.28. The van der Waals surface area contributed by atoms with Crippen molar-refractivity contribution in [2.75, 3.05) is 19.1 Å². The highest BCUT2D eigenvalue weighted by Gasteiger charge is 2.29. The number of benzene rings is 2. The van der Waals surface area contributed by atoms with E-state index in [0.717, 1.165) is 37.1 Å². The lowest BCUT2D eigenvalue weighted by Crippen LogP contribution is -2.51. The first-order valence-electron chi connectivity index (χ1n) is 11.7. The molecule has 1 fully saturated rings. The maximum Gasteiger partial charge on any atom is 0.263 e. The molecule has 7 heteroatoms. The van der Waals surface area contributed by atoms with Crippen LogP contribution in [0.1, 0.15) is 61.4 Å². The number of halogens is 1. The first-order chi connectivity index (χ1) is 15.9. The van der Waals surface area contributed by atoms with Crippen LogP contribution in [0.3, 0.4) is 0 Å². The molecule has 6 nitrogen and oxygen atoms in total. The van der Waals surface area contributed by atoms with Gasteiger partial charge in [-0.2, -0.15) is 0 Å². The summed E-state index contributed by atoms with van der Waals surface area (Å²) in [6, 6.07) is 10.9. The van der Waals surface area contributed by atoms with Crippen molar-refractivity contribution in [3.05, 3.63) is 59.4 Å². The Morgan fingerprint density at radius 1 is 1.12 bits per heavy atom. The number of amides is 2. The van der Waals surface area contributed by atoms with Crippen LogP contribution >= 0.6 is 0 Å². The van der Waals surface area contributed by atoms with E-state index in [1.807, 2.05) is 31.2 Å². The van der Waals surface area contributed by atoms with Crippen molar-refractivity contribution in [1.29, 1.82) is 0 Å². The summed E-state index contributed by atoms with van der Waals surface area (Å²) in [6.07, 6.45) is 6.24. The summed E-state index contributed by atoms with van der Waals surface area (Å²) in [5.74, 6) is 0.204. The molecule has 2 N–H and O–H groups in total. The smallest absolute Gasteiger partial charge is 0.263 e. The molecule has 2 aromatic carbocycles. The Hall–Kier alpha value is -3.09. The van der Waals surface area contributed by atoms with Crippen LogP contribution in [0.2, 0.25) is 0 Å². The maximum absolute atomic E-state index is 13.7. The molecular weight excluding hydrogens is 421 g/mol. The number of carbonyl (C=O) groups is 2. The van der Waals surface area contributed by atoms with Crippen molar-refractivity contribution in [1.82, 2.24) is 10.3 Å². The van der Waals surface area contributed by atoms with E-state index < -0.39 is 6.04 Å². The van der Waals surface area contributed by atoms with E-state index in [9.17, 15) is 14.0 Å². The zero-order valence-electron chi connectivity index (χ0n) is 19.7. The molecule has 1 aliphatic carbocycles. The second-order valence-electron chi connectivity index (χ2n) is 8.65. The summed E-state index contributed by atoms with van der Waals surface area (Å²) in [4.78, 5) is 26.5. The largest absolute Gasteiger partial charge is 0.497 e. The Labute approximate surface area is 195 Å². The number of hydrogen-bond donors (Lipinski definition) is 2. The minimum absolute atomic E-state index is 0.189. The number of anilines is 1. The fourth-order valence-corrected chi connectivity index (χ4v) is 4.30. The summed E-state index contributed by atoms with van der Waals surface area (Å²) < 4.78 is 18.9. The van der Waals surface area contributed by atoms with E-state index in [0.29, 0.717) is 30.0 Å². The third kappa shape index (κ3) is 6.70. The normalized spacial score (nSPS) is 14.9. The number of methoxy groups -OCH3 is 1. The van der Waals surface area contributed by atoms with E-state index in [1.165, 1.54) is 29.6 Å².